The Hall–Kier alpha value is -4.05. The molecule has 1 aliphatic rings. The minimum absolute atomic E-state index is 0.286. The molecular formula is C28H30N2O7S. The summed E-state index contributed by atoms with van der Waals surface area (Å²) in [7, 11) is 6.17. The Balaban J connectivity index is 1.93. The average molecular weight is 539 g/mol. The van der Waals surface area contributed by atoms with Gasteiger partial charge >= 0.3 is 5.97 Å². The summed E-state index contributed by atoms with van der Waals surface area (Å²) < 4.78 is 29.1. The van der Waals surface area contributed by atoms with Crippen molar-refractivity contribution in [3.05, 3.63) is 78.5 Å². The average Bonchev–Trinajstić information content (AvgIpc) is 3.20. The van der Waals surface area contributed by atoms with Crippen LogP contribution in [0.25, 0.3) is 6.08 Å². The van der Waals surface area contributed by atoms with E-state index in [0.29, 0.717) is 49.2 Å². The van der Waals surface area contributed by atoms with Gasteiger partial charge in [-0.1, -0.05) is 23.5 Å². The third-order valence-electron chi connectivity index (χ3n) is 6.00. The van der Waals surface area contributed by atoms with Crippen LogP contribution in [-0.2, 0) is 9.53 Å². The monoisotopic (exact) mass is 538 g/mol. The second-order valence-corrected chi connectivity index (χ2v) is 9.78. The molecule has 0 saturated heterocycles. The Bertz CT molecular complexity index is 1540. The molecule has 0 aliphatic carbocycles. The summed E-state index contributed by atoms with van der Waals surface area (Å²) in [4.78, 5) is 32.2. The maximum Gasteiger partial charge on any atom is 0.338 e. The van der Waals surface area contributed by atoms with Gasteiger partial charge in [0.1, 0.15) is 5.75 Å². The second kappa shape index (κ2) is 11.1. The Labute approximate surface area is 224 Å². The molecule has 0 unspecified atom stereocenters. The van der Waals surface area contributed by atoms with Gasteiger partial charge in [0.05, 0.1) is 56.4 Å². The summed E-state index contributed by atoms with van der Waals surface area (Å²) in [6.07, 6.45) is 1.41. The standard InChI is InChI=1S/C28H30N2O7S/c1-15(2)37-27(32)23-16(3)29-28-30(24(23)18-8-10-19(33-4)11-9-18)26(31)22(38-28)14-17-12-20(34-5)25(36-7)21(13-17)35-6/h8-15,24H,1-7H3/b22-14+/t24-/m0/s1. The maximum absolute atomic E-state index is 13.8. The summed E-state index contributed by atoms with van der Waals surface area (Å²) in [5.41, 5.74) is 1.94. The van der Waals surface area contributed by atoms with E-state index in [-0.39, 0.29) is 11.7 Å². The minimum atomic E-state index is -0.717. The van der Waals surface area contributed by atoms with Crippen LogP contribution in [0, 0.1) is 0 Å². The molecule has 9 nitrogen and oxygen atoms in total. The number of carbonyl (C=O) groups is 1. The number of hydrogen-bond acceptors (Lipinski definition) is 9. The first-order valence-corrected chi connectivity index (χ1v) is 12.7. The van der Waals surface area contributed by atoms with Crippen molar-refractivity contribution in [2.24, 2.45) is 4.99 Å². The van der Waals surface area contributed by atoms with E-state index in [1.165, 1.54) is 32.7 Å². The van der Waals surface area contributed by atoms with Crippen LogP contribution in [-0.4, -0.2) is 45.1 Å². The zero-order valence-electron chi connectivity index (χ0n) is 22.4. The molecular weight excluding hydrogens is 508 g/mol. The fourth-order valence-electron chi connectivity index (χ4n) is 4.30. The summed E-state index contributed by atoms with van der Waals surface area (Å²) in [5, 5.41) is 0. The summed E-state index contributed by atoms with van der Waals surface area (Å²) >= 11 is 1.24. The zero-order chi connectivity index (χ0) is 27.6. The first-order chi connectivity index (χ1) is 18.2. The van der Waals surface area contributed by atoms with Crippen LogP contribution < -0.4 is 33.8 Å². The summed E-state index contributed by atoms with van der Waals surface area (Å²) in [5.74, 6) is 1.54. The molecule has 0 saturated carbocycles. The maximum atomic E-state index is 13.8. The highest BCUT2D eigenvalue weighted by atomic mass is 32.1. The Morgan fingerprint density at radius 1 is 1.00 bits per heavy atom. The van der Waals surface area contributed by atoms with E-state index in [2.05, 4.69) is 4.99 Å². The smallest absolute Gasteiger partial charge is 0.338 e. The molecule has 10 heteroatoms. The van der Waals surface area contributed by atoms with Gasteiger partial charge in [0.25, 0.3) is 5.56 Å². The first kappa shape index (κ1) is 27.0. The van der Waals surface area contributed by atoms with Crippen LogP contribution in [0.5, 0.6) is 23.0 Å². The van der Waals surface area contributed by atoms with Crippen LogP contribution in [0.2, 0.25) is 0 Å². The van der Waals surface area contributed by atoms with Gasteiger partial charge < -0.3 is 23.7 Å². The molecule has 3 aromatic rings. The van der Waals surface area contributed by atoms with Crippen LogP contribution in [0.15, 0.2) is 57.5 Å². The molecule has 0 spiro atoms. The molecule has 1 aliphatic heterocycles. The SMILES string of the molecule is COc1ccc([C@H]2C(C(=O)OC(C)C)=C(C)N=c3s/c(=C/c4cc(OC)c(OC)c(OC)c4)c(=O)n32)cc1. The lowest BCUT2D eigenvalue weighted by atomic mass is 9.96. The topological polar surface area (TPSA) is 97.6 Å². The third kappa shape index (κ3) is 5.04. The van der Waals surface area contributed by atoms with E-state index in [1.54, 1.807) is 62.8 Å². The highest BCUT2D eigenvalue weighted by Gasteiger charge is 2.33. The van der Waals surface area contributed by atoms with Gasteiger partial charge in [-0.2, -0.15) is 0 Å². The van der Waals surface area contributed by atoms with E-state index in [1.807, 2.05) is 12.1 Å². The van der Waals surface area contributed by atoms with Crippen molar-refractivity contribution < 1.29 is 28.5 Å². The second-order valence-electron chi connectivity index (χ2n) is 8.77. The van der Waals surface area contributed by atoms with Crippen molar-refractivity contribution in [2.45, 2.75) is 32.9 Å². The van der Waals surface area contributed by atoms with Crippen molar-refractivity contribution in [3.8, 4) is 23.0 Å². The quantitative estimate of drug-likeness (QED) is 0.406. The third-order valence-corrected chi connectivity index (χ3v) is 6.98. The molecule has 4 rings (SSSR count). The van der Waals surface area contributed by atoms with Crippen molar-refractivity contribution in [3.63, 3.8) is 0 Å². The summed E-state index contributed by atoms with van der Waals surface area (Å²) in [6.45, 7) is 5.31. The fourth-order valence-corrected chi connectivity index (χ4v) is 5.34. The van der Waals surface area contributed by atoms with Gasteiger partial charge in [-0.25, -0.2) is 9.79 Å². The molecule has 0 N–H and O–H groups in total. The molecule has 0 bridgehead atoms. The molecule has 2 heterocycles. The molecule has 0 amide bonds. The molecule has 0 radical (unpaired) electrons. The van der Waals surface area contributed by atoms with Crippen molar-refractivity contribution in [1.82, 2.24) is 4.57 Å². The van der Waals surface area contributed by atoms with E-state index in [9.17, 15) is 9.59 Å². The molecule has 2 aromatic carbocycles. The number of allylic oxidation sites excluding steroid dienone is 1. The summed E-state index contributed by atoms with van der Waals surface area (Å²) in [6, 6.07) is 10.1. The number of hydrogen-bond donors (Lipinski definition) is 0. The molecule has 1 aromatic heterocycles. The number of nitrogens with zero attached hydrogens (tertiary/aromatic N) is 2. The highest BCUT2D eigenvalue weighted by Crippen LogP contribution is 2.38. The molecule has 0 fully saturated rings. The molecule has 1 atom stereocenters. The number of esters is 1. The normalized spacial score (nSPS) is 15.2. The lowest BCUT2D eigenvalue weighted by Crippen LogP contribution is -2.40. The van der Waals surface area contributed by atoms with E-state index < -0.39 is 12.0 Å². The molecule has 38 heavy (non-hydrogen) atoms. The van der Waals surface area contributed by atoms with Gasteiger partial charge in [0.2, 0.25) is 5.75 Å². The van der Waals surface area contributed by atoms with E-state index in [4.69, 9.17) is 23.7 Å². The Kier molecular flexibility index (Phi) is 7.91. The number of fused-ring (bicyclic) bond motifs is 1. The molecule has 200 valence electrons. The van der Waals surface area contributed by atoms with Crippen molar-refractivity contribution in [1.29, 1.82) is 0 Å². The highest BCUT2D eigenvalue weighted by molar-refractivity contribution is 7.07. The Morgan fingerprint density at radius 3 is 2.16 bits per heavy atom. The number of rotatable bonds is 8. The lowest BCUT2D eigenvalue weighted by molar-refractivity contribution is -0.143. The van der Waals surface area contributed by atoms with Crippen LogP contribution in [0.3, 0.4) is 0 Å². The predicted octanol–water partition coefficient (Wildman–Crippen LogP) is 3.22. The van der Waals surface area contributed by atoms with E-state index in [0.717, 1.165) is 5.56 Å². The van der Waals surface area contributed by atoms with Gasteiger partial charge in [0.15, 0.2) is 16.3 Å². The van der Waals surface area contributed by atoms with Gasteiger partial charge in [-0.3, -0.25) is 9.36 Å². The lowest BCUT2D eigenvalue weighted by Gasteiger charge is -2.25. The number of carbonyl (C=O) groups excluding carboxylic acids is 1. The van der Waals surface area contributed by atoms with Crippen molar-refractivity contribution >= 4 is 23.4 Å². The number of methoxy groups -OCH3 is 4. The first-order valence-electron chi connectivity index (χ1n) is 11.9. The minimum Gasteiger partial charge on any atom is -0.497 e. The number of ether oxygens (including phenoxy) is 5. The van der Waals surface area contributed by atoms with Gasteiger partial charge in [-0.15, -0.1) is 0 Å². The van der Waals surface area contributed by atoms with Crippen LogP contribution >= 0.6 is 11.3 Å². The zero-order valence-corrected chi connectivity index (χ0v) is 23.2. The Morgan fingerprint density at radius 2 is 1.63 bits per heavy atom. The van der Waals surface area contributed by atoms with Gasteiger partial charge in [0, 0.05) is 0 Å². The van der Waals surface area contributed by atoms with Crippen LogP contribution in [0.1, 0.15) is 37.9 Å². The van der Waals surface area contributed by atoms with Gasteiger partial charge in [-0.05, 0) is 62.2 Å². The largest absolute Gasteiger partial charge is 0.497 e. The van der Waals surface area contributed by atoms with Crippen LogP contribution in [0.4, 0.5) is 0 Å². The number of thiazole rings is 1. The van der Waals surface area contributed by atoms with E-state index >= 15 is 0 Å². The van der Waals surface area contributed by atoms with Crippen molar-refractivity contribution in [2.75, 3.05) is 28.4 Å². The predicted molar refractivity (Wildman–Crippen MR) is 144 cm³/mol. The number of benzene rings is 2. The fraction of sp³-hybridized carbons (Fsp3) is 0.321. The number of aromatic nitrogens is 1.